The van der Waals surface area contributed by atoms with Gasteiger partial charge in [-0.2, -0.15) is 5.10 Å². The van der Waals surface area contributed by atoms with Crippen molar-refractivity contribution in [3.8, 4) is 0 Å². The Morgan fingerprint density at radius 1 is 1.53 bits per heavy atom. The highest BCUT2D eigenvalue weighted by Crippen LogP contribution is 2.09. The second kappa shape index (κ2) is 4.86. The maximum atomic E-state index is 11.4. The van der Waals surface area contributed by atoms with Crippen LogP contribution in [0.4, 0.5) is 10.6 Å². The van der Waals surface area contributed by atoms with E-state index < -0.39 is 17.7 Å². The Kier molecular flexibility index (Phi) is 3.72. The molecule has 0 aliphatic heterocycles. The van der Waals surface area contributed by atoms with E-state index in [-0.39, 0.29) is 12.4 Å². The molecule has 0 saturated carbocycles. The van der Waals surface area contributed by atoms with Crippen LogP contribution in [0.1, 0.15) is 20.8 Å². The van der Waals surface area contributed by atoms with Crippen molar-refractivity contribution in [1.82, 2.24) is 9.78 Å². The Labute approximate surface area is 98.4 Å². The fraction of sp³-hybridized carbons (Fsp3) is 0.500. The van der Waals surface area contributed by atoms with Crippen LogP contribution >= 0.6 is 0 Å². The van der Waals surface area contributed by atoms with Crippen molar-refractivity contribution >= 4 is 17.9 Å². The maximum absolute atomic E-state index is 11.4. The number of nitrogens with zero attached hydrogens (tertiary/aromatic N) is 2. The van der Waals surface area contributed by atoms with Gasteiger partial charge in [0.1, 0.15) is 12.1 Å². The molecule has 0 saturated heterocycles. The van der Waals surface area contributed by atoms with Gasteiger partial charge in [-0.05, 0) is 20.8 Å². The third-order valence-electron chi connectivity index (χ3n) is 1.57. The van der Waals surface area contributed by atoms with Crippen LogP contribution in [0, 0.1) is 0 Å². The monoisotopic (exact) mass is 241 g/mol. The van der Waals surface area contributed by atoms with Crippen LogP contribution < -0.4 is 5.32 Å². The highest BCUT2D eigenvalue weighted by atomic mass is 16.6. The number of aromatic nitrogens is 2. The lowest BCUT2D eigenvalue weighted by molar-refractivity contribution is -0.137. The van der Waals surface area contributed by atoms with Gasteiger partial charge in [-0.15, -0.1) is 0 Å². The zero-order valence-electron chi connectivity index (χ0n) is 9.93. The first kappa shape index (κ1) is 13.0. The molecule has 0 unspecified atom stereocenters. The van der Waals surface area contributed by atoms with E-state index in [1.165, 1.54) is 16.9 Å². The minimum atomic E-state index is -1.00. The third kappa shape index (κ3) is 5.01. The second-order valence-electron chi connectivity index (χ2n) is 4.42. The molecule has 0 aliphatic rings. The largest absolute Gasteiger partial charge is 0.480 e. The van der Waals surface area contributed by atoms with Crippen molar-refractivity contribution < 1.29 is 19.4 Å². The lowest BCUT2D eigenvalue weighted by atomic mass is 10.2. The van der Waals surface area contributed by atoms with Gasteiger partial charge < -0.3 is 9.84 Å². The number of carbonyl (C=O) groups excluding carboxylic acids is 1. The van der Waals surface area contributed by atoms with E-state index in [0.29, 0.717) is 0 Å². The number of anilines is 1. The summed E-state index contributed by atoms with van der Waals surface area (Å²) in [5.41, 5.74) is -0.590. The second-order valence-corrected chi connectivity index (χ2v) is 4.42. The highest BCUT2D eigenvalue weighted by Gasteiger charge is 2.16. The van der Waals surface area contributed by atoms with Gasteiger partial charge in [0.2, 0.25) is 0 Å². The molecule has 1 aromatic heterocycles. The number of nitrogens with one attached hydrogen (secondary N) is 1. The molecule has 0 aromatic carbocycles. The fourth-order valence-corrected chi connectivity index (χ4v) is 1.06. The van der Waals surface area contributed by atoms with Crippen molar-refractivity contribution in [3.63, 3.8) is 0 Å². The molecule has 0 atom stereocenters. The molecule has 0 spiro atoms. The number of hydrogen-bond acceptors (Lipinski definition) is 4. The lowest BCUT2D eigenvalue weighted by Gasteiger charge is -2.18. The predicted molar refractivity (Wildman–Crippen MR) is 59.7 cm³/mol. The fourth-order valence-electron chi connectivity index (χ4n) is 1.06. The first-order valence-corrected chi connectivity index (χ1v) is 5.01. The van der Waals surface area contributed by atoms with E-state index in [0.717, 1.165) is 0 Å². The molecule has 1 rings (SSSR count). The summed E-state index contributed by atoms with van der Waals surface area (Å²) in [5.74, 6) is -0.752. The van der Waals surface area contributed by atoms with Crippen LogP contribution in [-0.4, -0.2) is 32.6 Å². The van der Waals surface area contributed by atoms with E-state index in [4.69, 9.17) is 9.84 Å². The third-order valence-corrected chi connectivity index (χ3v) is 1.57. The molecule has 0 aliphatic carbocycles. The molecule has 7 heteroatoms. The first-order valence-electron chi connectivity index (χ1n) is 5.01. The van der Waals surface area contributed by atoms with Gasteiger partial charge in [0, 0.05) is 12.3 Å². The Morgan fingerprint density at radius 3 is 2.71 bits per heavy atom. The Hall–Kier alpha value is -2.05. The zero-order chi connectivity index (χ0) is 13.1. The molecule has 0 fully saturated rings. The number of aliphatic carboxylic acids is 1. The van der Waals surface area contributed by atoms with Gasteiger partial charge in [0.25, 0.3) is 0 Å². The average molecular weight is 241 g/mol. The number of carboxylic acid groups (broad SMARTS) is 1. The van der Waals surface area contributed by atoms with Crippen LogP contribution in [0.15, 0.2) is 12.3 Å². The summed E-state index contributed by atoms with van der Waals surface area (Å²) < 4.78 is 6.22. The molecule has 7 nitrogen and oxygen atoms in total. The maximum Gasteiger partial charge on any atom is 0.413 e. The number of amides is 1. The molecule has 17 heavy (non-hydrogen) atoms. The standard InChI is InChI=1S/C10H15N3O4/c1-10(2,3)17-9(16)11-7-4-5-13(12-7)6-8(14)15/h4-5H,6H2,1-3H3,(H,14,15)(H,11,12,16). The summed E-state index contributed by atoms with van der Waals surface area (Å²) >= 11 is 0. The summed E-state index contributed by atoms with van der Waals surface area (Å²) in [7, 11) is 0. The van der Waals surface area contributed by atoms with E-state index in [1.807, 2.05) is 0 Å². The van der Waals surface area contributed by atoms with Crippen LogP contribution in [0.5, 0.6) is 0 Å². The number of rotatable bonds is 3. The molecule has 94 valence electrons. The summed E-state index contributed by atoms with van der Waals surface area (Å²) in [6, 6.07) is 1.49. The molecule has 1 heterocycles. The quantitative estimate of drug-likeness (QED) is 0.832. The van der Waals surface area contributed by atoms with Gasteiger partial charge in [-0.3, -0.25) is 14.8 Å². The Morgan fingerprint density at radius 2 is 2.18 bits per heavy atom. The smallest absolute Gasteiger partial charge is 0.413 e. The highest BCUT2D eigenvalue weighted by molar-refractivity contribution is 5.83. The van der Waals surface area contributed by atoms with Crippen LogP contribution in [-0.2, 0) is 16.1 Å². The van der Waals surface area contributed by atoms with E-state index in [2.05, 4.69) is 10.4 Å². The van der Waals surface area contributed by atoms with Crippen molar-refractivity contribution in [1.29, 1.82) is 0 Å². The number of carbonyl (C=O) groups is 2. The van der Waals surface area contributed by atoms with Gasteiger partial charge in [0.05, 0.1) is 0 Å². The molecule has 2 N–H and O–H groups in total. The van der Waals surface area contributed by atoms with Crippen molar-refractivity contribution in [2.24, 2.45) is 0 Å². The molecule has 0 bridgehead atoms. The number of ether oxygens (including phenoxy) is 1. The summed E-state index contributed by atoms with van der Waals surface area (Å²) in [6.45, 7) is 4.98. The number of hydrogen-bond donors (Lipinski definition) is 2. The average Bonchev–Trinajstić information content (AvgIpc) is 2.46. The van der Waals surface area contributed by atoms with Gasteiger partial charge in [-0.1, -0.05) is 0 Å². The predicted octanol–water partition coefficient (Wildman–Crippen LogP) is 1.31. The van der Waals surface area contributed by atoms with Crippen molar-refractivity contribution in [2.45, 2.75) is 32.9 Å². The minimum Gasteiger partial charge on any atom is -0.480 e. The molecule has 1 aromatic rings. The summed E-state index contributed by atoms with van der Waals surface area (Å²) in [6.07, 6.45) is 0.832. The van der Waals surface area contributed by atoms with Crippen LogP contribution in [0.2, 0.25) is 0 Å². The molecule has 0 radical (unpaired) electrons. The first-order chi connectivity index (χ1) is 7.76. The van der Waals surface area contributed by atoms with Gasteiger partial charge in [0.15, 0.2) is 5.82 Å². The Balaban J connectivity index is 2.55. The van der Waals surface area contributed by atoms with Crippen LogP contribution in [0.25, 0.3) is 0 Å². The van der Waals surface area contributed by atoms with Crippen molar-refractivity contribution in [2.75, 3.05) is 5.32 Å². The molecular formula is C10H15N3O4. The number of carboxylic acids is 1. The lowest BCUT2D eigenvalue weighted by Crippen LogP contribution is -2.27. The van der Waals surface area contributed by atoms with Gasteiger partial charge in [-0.25, -0.2) is 4.79 Å². The van der Waals surface area contributed by atoms with E-state index in [9.17, 15) is 9.59 Å². The van der Waals surface area contributed by atoms with E-state index >= 15 is 0 Å². The van der Waals surface area contributed by atoms with Crippen molar-refractivity contribution in [3.05, 3.63) is 12.3 Å². The Bertz CT molecular complexity index is 419. The topological polar surface area (TPSA) is 93.5 Å². The van der Waals surface area contributed by atoms with Gasteiger partial charge >= 0.3 is 12.1 Å². The normalized spacial score (nSPS) is 11.0. The summed E-state index contributed by atoms with van der Waals surface area (Å²) in [5, 5.41) is 14.8. The SMILES string of the molecule is CC(C)(C)OC(=O)Nc1ccn(CC(=O)O)n1. The molecular weight excluding hydrogens is 226 g/mol. The van der Waals surface area contributed by atoms with E-state index in [1.54, 1.807) is 20.8 Å². The molecule has 1 amide bonds. The summed E-state index contributed by atoms with van der Waals surface area (Å²) in [4.78, 5) is 21.8. The zero-order valence-corrected chi connectivity index (χ0v) is 9.93. The minimum absolute atomic E-state index is 0.250. The van der Waals surface area contributed by atoms with Crippen LogP contribution in [0.3, 0.4) is 0 Å².